The van der Waals surface area contributed by atoms with E-state index in [1.807, 2.05) is 0 Å². The van der Waals surface area contributed by atoms with Crippen molar-refractivity contribution in [3.8, 4) is 0 Å². The number of hydrogen-bond acceptors (Lipinski definition) is 3. The number of rotatable bonds is 5. The zero-order valence-electron chi connectivity index (χ0n) is 9.82. The van der Waals surface area contributed by atoms with Crippen molar-refractivity contribution in [2.45, 2.75) is 13.1 Å². The summed E-state index contributed by atoms with van der Waals surface area (Å²) in [7, 11) is 0. The highest BCUT2D eigenvalue weighted by atomic mass is 79.9. The predicted octanol–water partition coefficient (Wildman–Crippen LogP) is 3.17. The molecular formula is C13H11BrFNO3. The van der Waals surface area contributed by atoms with E-state index < -0.39 is 5.97 Å². The van der Waals surface area contributed by atoms with E-state index in [1.165, 1.54) is 18.4 Å². The van der Waals surface area contributed by atoms with Crippen LogP contribution in [0.1, 0.15) is 21.7 Å². The first-order chi connectivity index (χ1) is 9.08. The van der Waals surface area contributed by atoms with Crippen molar-refractivity contribution in [1.29, 1.82) is 0 Å². The molecule has 1 heterocycles. The lowest BCUT2D eigenvalue weighted by molar-refractivity contribution is 0.0660. The summed E-state index contributed by atoms with van der Waals surface area (Å²) in [6, 6.07) is 6.01. The van der Waals surface area contributed by atoms with Crippen molar-refractivity contribution in [3.05, 3.63) is 57.7 Å². The summed E-state index contributed by atoms with van der Waals surface area (Å²) in [5.74, 6) is -1.49. The molecule has 0 fully saturated rings. The molecule has 0 saturated carbocycles. The Morgan fingerprint density at radius 2 is 2.05 bits per heavy atom. The van der Waals surface area contributed by atoms with Gasteiger partial charge < -0.3 is 14.8 Å². The molecule has 0 saturated heterocycles. The lowest BCUT2D eigenvalue weighted by Crippen LogP contribution is -2.14. The lowest BCUT2D eigenvalue weighted by atomic mass is 10.2. The summed E-state index contributed by atoms with van der Waals surface area (Å²) in [4.78, 5) is 10.8. The molecule has 100 valence electrons. The van der Waals surface area contributed by atoms with Crippen LogP contribution in [0.5, 0.6) is 0 Å². The highest BCUT2D eigenvalue weighted by Gasteiger charge is 2.13. The molecule has 1 aromatic carbocycles. The van der Waals surface area contributed by atoms with Crippen molar-refractivity contribution in [2.24, 2.45) is 0 Å². The van der Waals surface area contributed by atoms with E-state index in [0.717, 1.165) is 10.0 Å². The zero-order valence-corrected chi connectivity index (χ0v) is 11.4. The maximum absolute atomic E-state index is 13.1. The van der Waals surface area contributed by atoms with Crippen LogP contribution < -0.4 is 5.32 Å². The summed E-state index contributed by atoms with van der Waals surface area (Å²) in [6.07, 6.45) is 1.33. The molecule has 1 aromatic heterocycles. The van der Waals surface area contributed by atoms with Crippen LogP contribution in [0.25, 0.3) is 0 Å². The van der Waals surface area contributed by atoms with Crippen molar-refractivity contribution in [1.82, 2.24) is 5.32 Å². The van der Waals surface area contributed by atoms with Crippen LogP contribution in [0.4, 0.5) is 4.39 Å². The smallest absolute Gasteiger partial charge is 0.372 e. The van der Waals surface area contributed by atoms with E-state index >= 15 is 0 Å². The van der Waals surface area contributed by atoms with Crippen molar-refractivity contribution in [2.75, 3.05) is 0 Å². The number of carboxylic acids is 1. The van der Waals surface area contributed by atoms with Gasteiger partial charge in [0.15, 0.2) is 0 Å². The van der Waals surface area contributed by atoms with Crippen molar-refractivity contribution < 1.29 is 18.7 Å². The molecule has 0 spiro atoms. The van der Waals surface area contributed by atoms with Gasteiger partial charge >= 0.3 is 5.97 Å². The summed E-state index contributed by atoms with van der Waals surface area (Å²) in [5.41, 5.74) is 1.32. The van der Waals surface area contributed by atoms with E-state index in [1.54, 1.807) is 12.1 Å². The average molecular weight is 328 g/mol. The number of nitrogens with one attached hydrogen (secondary N) is 1. The van der Waals surface area contributed by atoms with E-state index in [0.29, 0.717) is 18.7 Å². The van der Waals surface area contributed by atoms with Gasteiger partial charge in [-0.05, 0) is 29.8 Å². The standard InChI is InChI=1S/C13H11BrFNO3/c14-11-2-1-10(15)5-9(11)7-16-6-8-3-4-19-12(8)13(17)18/h1-5,16H,6-7H2,(H,17,18). The molecule has 0 unspecified atom stereocenters. The van der Waals surface area contributed by atoms with Gasteiger partial charge in [0.25, 0.3) is 0 Å². The van der Waals surface area contributed by atoms with Gasteiger partial charge in [-0.15, -0.1) is 0 Å². The Labute approximate surface area is 117 Å². The number of carboxylic acid groups (broad SMARTS) is 1. The summed E-state index contributed by atoms with van der Waals surface area (Å²) in [6.45, 7) is 0.754. The maximum Gasteiger partial charge on any atom is 0.372 e. The molecule has 6 heteroatoms. The largest absolute Gasteiger partial charge is 0.475 e. The minimum atomic E-state index is -1.10. The second-order valence-electron chi connectivity index (χ2n) is 3.92. The highest BCUT2D eigenvalue weighted by Crippen LogP contribution is 2.18. The van der Waals surface area contributed by atoms with Gasteiger partial charge in [0, 0.05) is 23.1 Å². The molecule has 2 N–H and O–H groups in total. The van der Waals surface area contributed by atoms with Crippen molar-refractivity contribution >= 4 is 21.9 Å². The Balaban J connectivity index is 1.98. The Bertz CT molecular complexity index is 597. The van der Waals surface area contributed by atoms with Crippen LogP contribution in [0.3, 0.4) is 0 Å². The SMILES string of the molecule is O=C(O)c1occc1CNCc1cc(F)ccc1Br. The number of halogens is 2. The minimum Gasteiger partial charge on any atom is -0.475 e. The Morgan fingerprint density at radius 1 is 1.32 bits per heavy atom. The normalized spacial score (nSPS) is 10.6. The molecule has 2 rings (SSSR count). The fourth-order valence-corrected chi connectivity index (χ4v) is 2.06. The minimum absolute atomic E-state index is 0.0780. The Hall–Kier alpha value is -1.66. The van der Waals surface area contributed by atoms with E-state index in [9.17, 15) is 9.18 Å². The van der Waals surface area contributed by atoms with Gasteiger partial charge in [0.2, 0.25) is 5.76 Å². The molecule has 0 atom stereocenters. The number of furan rings is 1. The first kappa shape index (κ1) is 13.8. The number of benzene rings is 1. The molecule has 0 aliphatic carbocycles. The fourth-order valence-electron chi connectivity index (χ4n) is 1.67. The molecule has 0 aliphatic rings. The fraction of sp³-hybridized carbons (Fsp3) is 0.154. The number of hydrogen-bond donors (Lipinski definition) is 2. The first-order valence-corrected chi connectivity index (χ1v) is 6.31. The van der Waals surface area contributed by atoms with Crippen molar-refractivity contribution in [3.63, 3.8) is 0 Å². The van der Waals surface area contributed by atoms with E-state index in [2.05, 4.69) is 21.2 Å². The van der Waals surface area contributed by atoms with Gasteiger partial charge in [-0.1, -0.05) is 15.9 Å². The Kier molecular flexibility index (Phi) is 4.34. The quantitative estimate of drug-likeness (QED) is 0.885. The second kappa shape index (κ2) is 5.99. The number of carbonyl (C=O) groups is 1. The third-order valence-electron chi connectivity index (χ3n) is 2.58. The van der Waals surface area contributed by atoms with Gasteiger partial charge in [-0.25, -0.2) is 9.18 Å². The molecule has 0 aliphatic heterocycles. The predicted molar refractivity (Wildman–Crippen MR) is 70.3 cm³/mol. The van der Waals surface area contributed by atoms with Crippen LogP contribution in [-0.4, -0.2) is 11.1 Å². The summed E-state index contributed by atoms with van der Waals surface area (Å²) >= 11 is 3.33. The third-order valence-corrected chi connectivity index (χ3v) is 3.35. The molecule has 0 amide bonds. The van der Waals surface area contributed by atoms with Gasteiger partial charge in [-0.3, -0.25) is 0 Å². The maximum atomic E-state index is 13.1. The van der Waals surface area contributed by atoms with E-state index in [-0.39, 0.29) is 11.6 Å². The van der Waals surface area contributed by atoms with Crippen LogP contribution >= 0.6 is 15.9 Å². The molecule has 0 radical (unpaired) electrons. The molecule has 4 nitrogen and oxygen atoms in total. The van der Waals surface area contributed by atoms with Crippen LogP contribution in [-0.2, 0) is 13.1 Å². The van der Waals surface area contributed by atoms with Crippen LogP contribution in [0, 0.1) is 5.82 Å². The summed E-state index contributed by atoms with van der Waals surface area (Å²) < 4.78 is 18.7. The highest BCUT2D eigenvalue weighted by molar-refractivity contribution is 9.10. The third kappa shape index (κ3) is 3.42. The summed E-state index contributed by atoms with van der Waals surface area (Å²) in [5, 5.41) is 11.9. The second-order valence-corrected chi connectivity index (χ2v) is 4.77. The monoisotopic (exact) mass is 327 g/mol. The van der Waals surface area contributed by atoms with Gasteiger partial charge in [-0.2, -0.15) is 0 Å². The van der Waals surface area contributed by atoms with Crippen LogP contribution in [0.2, 0.25) is 0 Å². The molecule has 19 heavy (non-hydrogen) atoms. The number of aromatic carboxylic acids is 1. The van der Waals surface area contributed by atoms with E-state index in [4.69, 9.17) is 9.52 Å². The molecular weight excluding hydrogens is 317 g/mol. The Morgan fingerprint density at radius 3 is 2.79 bits per heavy atom. The topological polar surface area (TPSA) is 62.5 Å². The molecule has 0 bridgehead atoms. The van der Waals surface area contributed by atoms with Crippen LogP contribution in [0.15, 0.2) is 39.4 Å². The molecule has 2 aromatic rings. The van der Waals surface area contributed by atoms with Gasteiger partial charge in [0.05, 0.1) is 6.26 Å². The zero-order chi connectivity index (χ0) is 13.8. The van der Waals surface area contributed by atoms with Gasteiger partial charge in [0.1, 0.15) is 5.82 Å². The first-order valence-electron chi connectivity index (χ1n) is 5.52. The lowest BCUT2D eigenvalue weighted by Gasteiger charge is -2.06. The average Bonchev–Trinajstić information content (AvgIpc) is 2.82.